The van der Waals surface area contributed by atoms with E-state index >= 15 is 0 Å². The van der Waals surface area contributed by atoms with Crippen LogP contribution in [0.5, 0.6) is 0 Å². The topological polar surface area (TPSA) is 117 Å². The number of nitrogens with one attached hydrogen (secondary N) is 1. The predicted octanol–water partition coefficient (Wildman–Crippen LogP) is 5.53. The summed E-state index contributed by atoms with van der Waals surface area (Å²) in [6, 6.07) is 6.95. The minimum Gasteiger partial charge on any atom is -0.462 e. The van der Waals surface area contributed by atoms with Crippen molar-refractivity contribution in [3.8, 4) is 11.1 Å². The van der Waals surface area contributed by atoms with Crippen LogP contribution in [0.4, 0.5) is 5.00 Å². The molecule has 3 aromatic heterocycles. The quantitative estimate of drug-likeness (QED) is 0.275. The lowest BCUT2D eigenvalue weighted by atomic mass is 10.0. The molecule has 0 saturated carbocycles. The maximum atomic E-state index is 13.2. The smallest absolute Gasteiger partial charge is 0.348 e. The van der Waals surface area contributed by atoms with Gasteiger partial charge in [0.2, 0.25) is 5.91 Å². The van der Waals surface area contributed by atoms with Gasteiger partial charge in [-0.3, -0.25) is 14.2 Å². The first-order chi connectivity index (χ1) is 18.1. The molecule has 0 aliphatic carbocycles. The van der Waals surface area contributed by atoms with Crippen LogP contribution < -0.4 is 10.9 Å². The summed E-state index contributed by atoms with van der Waals surface area (Å²) in [6.45, 7) is 6.64. The molecular weight excluding hydrogens is 550 g/mol. The third-order valence-electron chi connectivity index (χ3n) is 5.44. The standard InChI is InChI=1S/C26H24ClN3O6S2/c1-5-35-25(33)20-17(15-6-8-16(27)9-7-15)11-37-23(20)29-18(31)10-30-12-28-22-19(24(30)32)14(4)21(38-22)26(34)36-13(2)3/h6-9,11-13H,5,10H2,1-4H3,(H,29,31). The zero-order valence-corrected chi connectivity index (χ0v) is 23.4. The fraction of sp³-hybridized carbons (Fsp3) is 0.269. The Labute approximate surface area is 231 Å². The SMILES string of the molecule is CCOC(=O)c1c(-c2ccc(Cl)cc2)csc1NC(=O)Cn1cnc2sc(C(=O)OC(C)C)c(C)c2c1=O. The number of hydrogen-bond acceptors (Lipinski definition) is 9. The number of ether oxygens (including phenoxy) is 2. The van der Waals surface area contributed by atoms with Crippen LogP contribution in [0.15, 0.2) is 40.8 Å². The van der Waals surface area contributed by atoms with Gasteiger partial charge in [0.05, 0.1) is 24.4 Å². The van der Waals surface area contributed by atoms with Gasteiger partial charge >= 0.3 is 11.9 Å². The lowest BCUT2D eigenvalue weighted by molar-refractivity contribution is -0.116. The average molecular weight is 574 g/mol. The van der Waals surface area contributed by atoms with E-state index in [4.69, 9.17) is 21.1 Å². The summed E-state index contributed by atoms with van der Waals surface area (Å²) in [5, 5.41) is 5.58. The first-order valence-corrected chi connectivity index (χ1v) is 13.7. The molecule has 0 unspecified atom stereocenters. The summed E-state index contributed by atoms with van der Waals surface area (Å²) >= 11 is 8.24. The van der Waals surface area contributed by atoms with Crippen molar-refractivity contribution < 1.29 is 23.9 Å². The average Bonchev–Trinajstić information content (AvgIpc) is 3.42. The highest BCUT2D eigenvalue weighted by Crippen LogP contribution is 2.36. The minimum atomic E-state index is -0.580. The second-order valence-electron chi connectivity index (χ2n) is 8.50. The molecule has 0 radical (unpaired) electrons. The summed E-state index contributed by atoms with van der Waals surface area (Å²) in [5.41, 5.74) is 1.55. The molecule has 1 amide bonds. The van der Waals surface area contributed by atoms with Gasteiger partial charge in [-0.15, -0.1) is 22.7 Å². The maximum Gasteiger partial charge on any atom is 0.348 e. The zero-order valence-electron chi connectivity index (χ0n) is 21.0. The molecule has 0 bridgehead atoms. The van der Waals surface area contributed by atoms with E-state index in [0.29, 0.717) is 30.9 Å². The number of aryl methyl sites for hydroxylation is 1. The molecule has 0 saturated heterocycles. The van der Waals surface area contributed by atoms with Gasteiger partial charge in [-0.2, -0.15) is 0 Å². The van der Waals surface area contributed by atoms with Crippen LogP contribution in [-0.2, 0) is 20.8 Å². The molecule has 0 aliphatic rings. The number of amides is 1. The van der Waals surface area contributed by atoms with Crippen LogP contribution in [0.3, 0.4) is 0 Å². The Balaban J connectivity index is 1.62. The number of carbonyl (C=O) groups excluding carboxylic acids is 3. The molecular formula is C26H24ClN3O6S2. The summed E-state index contributed by atoms with van der Waals surface area (Å²) in [4.78, 5) is 56.3. The van der Waals surface area contributed by atoms with E-state index in [-0.39, 0.29) is 30.2 Å². The van der Waals surface area contributed by atoms with E-state index < -0.39 is 23.4 Å². The largest absolute Gasteiger partial charge is 0.462 e. The third-order valence-corrected chi connectivity index (χ3v) is 7.77. The second-order valence-corrected chi connectivity index (χ2v) is 10.8. The number of anilines is 1. The van der Waals surface area contributed by atoms with Crippen molar-refractivity contribution in [2.45, 2.75) is 40.3 Å². The molecule has 3 heterocycles. The molecule has 38 heavy (non-hydrogen) atoms. The summed E-state index contributed by atoms with van der Waals surface area (Å²) < 4.78 is 11.6. The Morgan fingerprint density at radius 3 is 2.53 bits per heavy atom. The van der Waals surface area contributed by atoms with Gasteiger partial charge < -0.3 is 14.8 Å². The lowest BCUT2D eigenvalue weighted by Crippen LogP contribution is -2.28. The fourth-order valence-electron chi connectivity index (χ4n) is 3.75. The van der Waals surface area contributed by atoms with Gasteiger partial charge in [0.15, 0.2) is 0 Å². The molecule has 198 valence electrons. The molecule has 1 aromatic carbocycles. The Hall–Kier alpha value is -3.54. The normalized spacial score (nSPS) is 11.1. The number of benzene rings is 1. The third kappa shape index (κ3) is 5.64. The summed E-state index contributed by atoms with van der Waals surface area (Å²) in [7, 11) is 0. The molecule has 0 spiro atoms. The maximum absolute atomic E-state index is 13.2. The lowest BCUT2D eigenvalue weighted by Gasteiger charge is -2.10. The van der Waals surface area contributed by atoms with Gasteiger partial charge in [-0.25, -0.2) is 14.6 Å². The molecule has 4 aromatic rings. The van der Waals surface area contributed by atoms with Gasteiger partial charge in [0.25, 0.3) is 5.56 Å². The number of aromatic nitrogens is 2. The van der Waals surface area contributed by atoms with E-state index in [1.807, 2.05) is 0 Å². The highest BCUT2D eigenvalue weighted by molar-refractivity contribution is 7.20. The van der Waals surface area contributed by atoms with Gasteiger partial charge in [0, 0.05) is 16.0 Å². The number of hydrogen-bond donors (Lipinski definition) is 1. The summed E-state index contributed by atoms with van der Waals surface area (Å²) in [6.07, 6.45) is 0.953. The first kappa shape index (κ1) is 27.5. The van der Waals surface area contributed by atoms with Crippen LogP contribution in [0.25, 0.3) is 21.3 Å². The van der Waals surface area contributed by atoms with Crippen LogP contribution in [0.1, 0.15) is 46.4 Å². The van der Waals surface area contributed by atoms with Crippen molar-refractivity contribution in [2.24, 2.45) is 0 Å². The predicted molar refractivity (Wildman–Crippen MR) is 149 cm³/mol. The molecule has 9 nitrogen and oxygen atoms in total. The number of halogens is 1. The highest BCUT2D eigenvalue weighted by Gasteiger charge is 2.24. The van der Waals surface area contributed by atoms with E-state index in [9.17, 15) is 19.2 Å². The number of rotatable bonds is 8. The van der Waals surface area contributed by atoms with Crippen molar-refractivity contribution in [1.82, 2.24) is 9.55 Å². The number of fused-ring (bicyclic) bond motifs is 1. The molecule has 0 aliphatic heterocycles. The second kappa shape index (κ2) is 11.5. The minimum absolute atomic E-state index is 0.163. The Morgan fingerprint density at radius 2 is 1.87 bits per heavy atom. The number of esters is 2. The molecule has 1 N–H and O–H groups in total. The van der Waals surface area contributed by atoms with Crippen molar-refractivity contribution >= 4 is 67.3 Å². The Kier molecular flexibility index (Phi) is 8.29. The van der Waals surface area contributed by atoms with Crippen molar-refractivity contribution in [3.05, 3.63) is 67.4 Å². The zero-order chi connectivity index (χ0) is 27.6. The van der Waals surface area contributed by atoms with Crippen molar-refractivity contribution in [3.63, 3.8) is 0 Å². The van der Waals surface area contributed by atoms with Crippen molar-refractivity contribution in [2.75, 3.05) is 11.9 Å². The Bertz CT molecular complexity index is 1590. The van der Waals surface area contributed by atoms with Crippen LogP contribution in [0.2, 0.25) is 5.02 Å². The van der Waals surface area contributed by atoms with E-state index in [0.717, 1.165) is 21.5 Å². The number of thiophene rings is 2. The van der Waals surface area contributed by atoms with Crippen LogP contribution >= 0.6 is 34.3 Å². The van der Waals surface area contributed by atoms with E-state index in [1.165, 1.54) is 17.7 Å². The molecule has 0 fully saturated rings. The number of nitrogens with zero attached hydrogens (tertiary/aromatic N) is 2. The molecule has 12 heteroatoms. The Morgan fingerprint density at radius 1 is 1.16 bits per heavy atom. The van der Waals surface area contributed by atoms with Crippen LogP contribution in [0, 0.1) is 6.92 Å². The fourth-order valence-corrected chi connectivity index (χ4v) is 5.87. The van der Waals surface area contributed by atoms with Gasteiger partial charge in [0.1, 0.15) is 26.8 Å². The van der Waals surface area contributed by atoms with Crippen LogP contribution in [-0.4, -0.2) is 40.1 Å². The molecule has 4 rings (SSSR count). The monoisotopic (exact) mass is 573 g/mol. The number of carbonyl (C=O) groups is 3. The van der Waals surface area contributed by atoms with E-state index in [1.54, 1.807) is 57.3 Å². The van der Waals surface area contributed by atoms with Crippen molar-refractivity contribution in [1.29, 1.82) is 0 Å². The van der Waals surface area contributed by atoms with Gasteiger partial charge in [-0.05, 0) is 51.0 Å². The first-order valence-electron chi connectivity index (χ1n) is 11.6. The molecule has 0 atom stereocenters. The van der Waals surface area contributed by atoms with Gasteiger partial charge in [-0.1, -0.05) is 23.7 Å². The highest BCUT2D eigenvalue weighted by atomic mass is 35.5. The van der Waals surface area contributed by atoms with E-state index in [2.05, 4.69) is 10.3 Å². The summed E-state index contributed by atoms with van der Waals surface area (Å²) in [5.74, 6) is -1.63.